The molecule has 6 heteroatoms. The number of methoxy groups -OCH3 is 1. The van der Waals surface area contributed by atoms with Crippen LogP contribution >= 0.6 is 11.6 Å². The smallest absolute Gasteiger partial charge is 0.374 e. The van der Waals surface area contributed by atoms with Crippen LogP contribution < -0.4 is 4.74 Å². The third-order valence-electron chi connectivity index (χ3n) is 2.56. The number of ether oxygens (including phenoxy) is 2. The molecule has 0 aliphatic heterocycles. The van der Waals surface area contributed by atoms with E-state index in [1.807, 2.05) is 6.07 Å². The van der Waals surface area contributed by atoms with E-state index in [-0.39, 0.29) is 12.4 Å². The Labute approximate surface area is 120 Å². The SMILES string of the molecule is COC(=O)c1occc1COc1ccc(C#N)cc1Cl. The first kappa shape index (κ1) is 14.0. The molecule has 5 nitrogen and oxygen atoms in total. The first-order valence-corrected chi connectivity index (χ1v) is 6.00. The molecule has 0 aliphatic rings. The van der Waals surface area contributed by atoms with Crippen molar-refractivity contribution >= 4 is 17.6 Å². The van der Waals surface area contributed by atoms with Crippen molar-refractivity contribution in [3.63, 3.8) is 0 Å². The van der Waals surface area contributed by atoms with Crippen LogP contribution in [-0.2, 0) is 11.3 Å². The fourth-order valence-electron chi connectivity index (χ4n) is 1.56. The highest BCUT2D eigenvalue weighted by Gasteiger charge is 2.16. The van der Waals surface area contributed by atoms with Crippen molar-refractivity contribution in [1.29, 1.82) is 5.26 Å². The van der Waals surface area contributed by atoms with Gasteiger partial charge in [0.05, 0.1) is 30.0 Å². The average molecular weight is 292 g/mol. The molecule has 0 N–H and O–H groups in total. The Hall–Kier alpha value is -2.45. The van der Waals surface area contributed by atoms with Crippen LogP contribution in [0.15, 0.2) is 34.9 Å². The van der Waals surface area contributed by atoms with Crippen LogP contribution in [0, 0.1) is 11.3 Å². The van der Waals surface area contributed by atoms with Crippen LogP contribution in [0.2, 0.25) is 5.02 Å². The lowest BCUT2D eigenvalue weighted by atomic mass is 10.2. The molecule has 0 atom stereocenters. The number of hydrogen-bond acceptors (Lipinski definition) is 5. The van der Waals surface area contributed by atoms with Gasteiger partial charge in [0, 0.05) is 5.56 Å². The topological polar surface area (TPSA) is 72.5 Å². The highest BCUT2D eigenvalue weighted by atomic mass is 35.5. The molecule has 0 unspecified atom stereocenters. The van der Waals surface area contributed by atoms with Crippen LogP contribution in [0.4, 0.5) is 0 Å². The molecule has 0 amide bonds. The fraction of sp³-hybridized carbons (Fsp3) is 0.143. The summed E-state index contributed by atoms with van der Waals surface area (Å²) in [4.78, 5) is 11.4. The zero-order chi connectivity index (χ0) is 14.5. The summed E-state index contributed by atoms with van der Waals surface area (Å²) in [6.45, 7) is 0.104. The van der Waals surface area contributed by atoms with Crippen molar-refractivity contribution in [3.05, 3.63) is 52.4 Å². The minimum atomic E-state index is -0.570. The Morgan fingerprint density at radius 3 is 2.90 bits per heavy atom. The van der Waals surface area contributed by atoms with Gasteiger partial charge in [0.15, 0.2) is 0 Å². The third-order valence-corrected chi connectivity index (χ3v) is 2.86. The molecule has 102 valence electrons. The summed E-state index contributed by atoms with van der Waals surface area (Å²) in [5.74, 6) is -0.0560. The lowest BCUT2D eigenvalue weighted by Gasteiger charge is -2.07. The quantitative estimate of drug-likeness (QED) is 0.809. The summed E-state index contributed by atoms with van der Waals surface area (Å²) >= 11 is 5.99. The minimum absolute atomic E-state index is 0.0947. The molecule has 0 spiro atoms. The molecule has 0 fully saturated rings. The number of hydrogen-bond donors (Lipinski definition) is 0. The number of carbonyl (C=O) groups is 1. The van der Waals surface area contributed by atoms with Crippen LogP contribution in [0.3, 0.4) is 0 Å². The van der Waals surface area contributed by atoms with E-state index < -0.39 is 5.97 Å². The van der Waals surface area contributed by atoms with Crippen LogP contribution in [0.1, 0.15) is 21.7 Å². The number of nitriles is 1. The number of rotatable bonds is 4. The molecule has 0 bridgehead atoms. The van der Waals surface area contributed by atoms with Gasteiger partial charge < -0.3 is 13.9 Å². The van der Waals surface area contributed by atoms with E-state index in [1.54, 1.807) is 18.2 Å². The summed E-state index contributed by atoms with van der Waals surface area (Å²) in [6.07, 6.45) is 1.38. The molecule has 1 aromatic heterocycles. The third kappa shape index (κ3) is 2.92. The van der Waals surface area contributed by atoms with Crippen molar-refractivity contribution in [2.45, 2.75) is 6.61 Å². The van der Waals surface area contributed by atoms with E-state index in [9.17, 15) is 4.79 Å². The van der Waals surface area contributed by atoms with E-state index in [2.05, 4.69) is 4.74 Å². The summed E-state index contributed by atoms with van der Waals surface area (Å²) in [6, 6.07) is 8.29. The largest absolute Gasteiger partial charge is 0.487 e. The first-order valence-electron chi connectivity index (χ1n) is 5.63. The first-order chi connectivity index (χ1) is 9.65. The summed E-state index contributed by atoms with van der Waals surface area (Å²) in [5, 5.41) is 9.07. The molecule has 1 aromatic carbocycles. The van der Waals surface area contributed by atoms with E-state index in [0.717, 1.165) is 0 Å². The summed E-state index contributed by atoms with van der Waals surface area (Å²) in [5.41, 5.74) is 0.998. The van der Waals surface area contributed by atoms with Crippen molar-refractivity contribution < 1.29 is 18.7 Å². The van der Waals surface area contributed by atoms with Crippen molar-refractivity contribution in [2.75, 3.05) is 7.11 Å². The highest BCUT2D eigenvalue weighted by Crippen LogP contribution is 2.26. The van der Waals surface area contributed by atoms with Gasteiger partial charge in [0.2, 0.25) is 5.76 Å². The number of esters is 1. The Morgan fingerprint density at radius 1 is 1.45 bits per heavy atom. The standard InChI is InChI=1S/C14H10ClNO4/c1-18-14(17)13-10(4-5-19-13)8-20-12-3-2-9(7-16)6-11(12)15/h2-6H,8H2,1H3. The molecule has 0 saturated heterocycles. The Morgan fingerprint density at radius 2 is 2.25 bits per heavy atom. The van der Waals surface area contributed by atoms with Gasteiger partial charge in [-0.2, -0.15) is 5.26 Å². The zero-order valence-corrected chi connectivity index (χ0v) is 11.3. The molecule has 2 rings (SSSR count). The molecule has 1 heterocycles. The molecular formula is C14H10ClNO4. The zero-order valence-electron chi connectivity index (χ0n) is 10.6. The Bertz CT molecular complexity index is 672. The lowest BCUT2D eigenvalue weighted by Crippen LogP contribution is -2.05. The van der Waals surface area contributed by atoms with Gasteiger partial charge in [-0.1, -0.05) is 11.6 Å². The van der Waals surface area contributed by atoms with Gasteiger partial charge in [0.1, 0.15) is 12.4 Å². The fourth-order valence-corrected chi connectivity index (χ4v) is 1.80. The molecule has 0 saturated carbocycles. The van der Waals surface area contributed by atoms with Crippen molar-refractivity contribution in [1.82, 2.24) is 0 Å². The second-order valence-corrected chi connectivity index (χ2v) is 4.22. The summed E-state index contributed by atoms with van der Waals surface area (Å²) in [7, 11) is 1.27. The van der Waals surface area contributed by atoms with E-state index in [0.29, 0.717) is 21.9 Å². The Balaban J connectivity index is 2.12. The maximum atomic E-state index is 11.4. The maximum Gasteiger partial charge on any atom is 0.374 e. The predicted octanol–water partition coefficient (Wildman–Crippen LogP) is 3.17. The maximum absolute atomic E-state index is 11.4. The Kier molecular flexibility index (Phi) is 4.28. The monoisotopic (exact) mass is 291 g/mol. The molecule has 20 heavy (non-hydrogen) atoms. The normalized spacial score (nSPS) is 9.85. The second kappa shape index (κ2) is 6.13. The lowest BCUT2D eigenvalue weighted by molar-refractivity contribution is 0.0561. The van der Waals surface area contributed by atoms with E-state index in [4.69, 9.17) is 26.0 Å². The van der Waals surface area contributed by atoms with E-state index in [1.165, 1.54) is 19.4 Å². The number of nitrogens with zero attached hydrogens (tertiary/aromatic N) is 1. The average Bonchev–Trinajstić information content (AvgIpc) is 2.93. The second-order valence-electron chi connectivity index (χ2n) is 3.81. The number of halogens is 1. The molecule has 0 aliphatic carbocycles. The number of carbonyl (C=O) groups excluding carboxylic acids is 1. The molecular weight excluding hydrogens is 282 g/mol. The number of benzene rings is 1. The van der Waals surface area contributed by atoms with E-state index >= 15 is 0 Å². The van der Waals surface area contributed by atoms with Gasteiger partial charge in [-0.05, 0) is 24.3 Å². The van der Waals surface area contributed by atoms with Crippen LogP contribution in [0.5, 0.6) is 5.75 Å². The number of furan rings is 1. The van der Waals surface area contributed by atoms with Gasteiger partial charge in [0.25, 0.3) is 0 Å². The predicted molar refractivity (Wildman–Crippen MR) is 70.5 cm³/mol. The molecule has 2 aromatic rings. The van der Waals surface area contributed by atoms with Gasteiger partial charge in [-0.15, -0.1) is 0 Å². The van der Waals surface area contributed by atoms with Crippen LogP contribution in [0.25, 0.3) is 0 Å². The highest BCUT2D eigenvalue weighted by molar-refractivity contribution is 6.32. The van der Waals surface area contributed by atoms with Gasteiger partial charge in [-0.25, -0.2) is 4.79 Å². The van der Waals surface area contributed by atoms with Crippen molar-refractivity contribution in [3.8, 4) is 11.8 Å². The summed E-state index contributed by atoms with van der Waals surface area (Å²) < 4.78 is 15.1. The van der Waals surface area contributed by atoms with Gasteiger partial charge in [-0.3, -0.25) is 0 Å². The van der Waals surface area contributed by atoms with Gasteiger partial charge >= 0.3 is 5.97 Å². The molecule has 0 radical (unpaired) electrons. The van der Waals surface area contributed by atoms with Crippen LogP contribution in [-0.4, -0.2) is 13.1 Å². The van der Waals surface area contributed by atoms with Crippen molar-refractivity contribution in [2.24, 2.45) is 0 Å². The minimum Gasteiger partial charge on any atom is -0.487 e.